The second-order valence-electron chi connectivity index (χ2n) is 13.4. The Morgan fingerprint density at radius 2 is 0.511 bits per heavy atom. The third-order valence-corrected chi connectivity index (χ3v) is 8.97. The van der Waals surface area contributed by atoms with E-state index >= 15 is 0 Å². The summed E-state index contributed by atoms with van der Waals surface area (Å²) >= 11 is 0. The molecule has 0 N–H and O–H groups in total. The van der Waals surface area contributed by atoms with E-state index in [0.29, 0.717) is 0 Å². The highest BCUT2D eigenvalue weighted by molar-refractivity contribution is 4.82. The molecule has 3 nitrogen and oxygen atoms in total. The van der Waals surface area contributed by atoms with Crippen molar-refractivity contribution in [3.63, 3.8) is 0 Å². The molecule has 0 spiro atoms. The highest BCUT2D eigenvalue weighted by Crippen LogP contribution is 2.13. The highest BCUT2D eigenvalue weighted by Gasteiger charge is 1.96. The molecule has 0 aliphatic rings. The van der Waals surface area contributed by atoms with Crippen LogP contribution >= 0.6 is 0 Å². The largest absolute Gasteiger partial charge is 0.381 e. The van der Waals surface area contributed by atoms with E-state index in [1.165, 1.54) is 193 Å². The number of unbranched alkanes of at least 4 members (excludes halogenated alkanes) is 30. The van der Waals surface area contributed by atoms with Gasteiger partial charge in [0.15, 0.2) is 0 Å². The second-order valence-corrected chi connectivity index (χ2v) is 13.4. The van der Waals surface area contributed by atoms with Crippen LogP contribution in [-0.2, 0) is 4.74 Å². The fraction of sp³-hybridized carbons (Fsp3) is 0.857. The second kappa shape index (κ2) is 42.4. The number of ether oxygens (including phenoxy) is 1. The van der Waals surface area contributed by atoms with E-state index in [2.05, 4.69) is 36.4 Å². The van der Waals surface area contributed by atoms with E-state index in [9.17, 15) is 0 Å². The van der Waals surface area contributed by atoms with Crippen molar-refractivity contribution in [2.24, 2.45) is 0 Å². The Balaban J connectivity index is 3.12. The number of hydrogen-bond acceptors (Lipinski definition) is 3. The van der Waals surface area contributed by atoms with Gasteiger partial charge < -0.3 is 4.74 Å². The van der Waals surface area contributed by atoms with E-state index < -0.39 is 0 Å². The zero-order valence-electron chi connectivity index (χ0n) is 30.1. The molecule has 3 heteroatoms. The van der Waals surface area contributed by atoms with Gasteiger partial charge in [-0.15, -0.1) is 0 Å². The van der Waals surface area contributed by atoms with Crippen LogP contribution in [0.1, 0.15) is 218 Å². The summed E-state index contributed by atoms with van der Waals surface area (Å²) in [6, 6.07) is 4.47. The molecule has 0 rings (SSSR count). The molecule has 0 atom stereocenters. The van der Waals surface area contributed by atoms with E-state index in [0.717, 1.165) is 38.9 Å². The Bertz CT molecular complexity index is 628. The molecule has 0 saturated heterocycles. The van der Waals surface area contributed by atoms with Crippen LogP contribution < -0.4 is 0 Å². The van der Waals surface area contributed by atoms with Crippen molar-refractivity contribution in [3.05, 3.63) is 24.3 Å². The van der Waals surface area contributed by atoms with Crippen molar-refractivity contribution in [1.82, 2.24) is 0 Å². The van der Waals surface area contributed by atoms with Crippen LogP contribution in [0, 0.1) is 22.7 Å². The molecule has 0 heterocycles. The molecule has 0 aliphatic carbocycles. The fourth-order valence-electron chi connectivity index (χ4n) is 5.97. The van der Waals surface area contributed by atoms with Gasteiger partial charge in [-0.3, -0.25) is 0 Å². The zero-order valence-corrected chi connectivity index (χ0v) is 30.1. The third-order valence-electron chi connectivity index (χ3n) is 8.97. The first-order valence-corrected chi connectivity index (χ1v) is 20.0. The summed E-state index contributed by atoms with van der Waals surface area (Å²) in [5, 5.41) is 17.1. The summed E-state index contributed by atoms with van der Waals surface area (Å²) < 4.78 is 5.87. The van der Waals surface area contributed by atoms with E-state index in [1.807, 2.05) is 0 Å². The number of nitriles is 2. The first-order chi connectivity index (χ1) is 22.4. The average molecular weight is 625 g/mol. The van der Waals surface area contributed by atoms with Gasteiger partial charge in [0.25, 0.3) is 0 Å². The van der Waals surface area contributed by atoms with Crippen molar-refractivity contribution in [2.75, 3.05) is 13.2 Å². The van der Waals surface area contributed by atoms with Crippen molar-refractivity contribution in [3.8, 4) is 12.1 Å². The van der Waals surface area contributed by atoms with E-state index in [4.69, 9.17) is 15.3 Å². The molecule has 0 aromatic rings. The quantitative estimate of drug-likeness (QED) is 0.0507. The van der Waals surface area contributed by atoms with E-state index in [1.54, 1.807) is 0 Å². The molecule has 0 saturated carbocycles. The van der Waals surface area contributed by atoms with Gasteiger partial charge in [-0.1, -0.05) is 153 Å². The number of hydrogen-bond donors (Lipinski definition) is 0. The molecule has 0 amide bonds. The molecule has 260 valence electrons. The maximum atomic E-state index is 8.54. The maximum absolute atomic E-state index is 8.54. The Hall–Kier alpha value is -1.58. The third kappa shape index (κ3) is 42.4. The summed E-state index contributed by atoms with van der Waals surface area (Å²) in [5.41, 5.74) is 0. The summed E-state index contributed by atoms with van der Waals surface area (Å²) in [6.45, 7) is 1.92. The normalized spacial score (nSPS) is 11.5. The molecular formula is C42H76N2O. The van der Waals surface area contributed by atoms with Crippen molar-refractivity contribution in [1.29, 1.82) is 10.5 Å². The van der Waals surface area contributed by atoms with Crippen LogP contribution in [-0.4, -0.2) is 13.2 Å². The monoisotopic (exact) mass is 625 g/mol. The van der Waals surface area contributed by atoms with Gasteiger partial charge in [0.2, 0.25) is 0 Å². The van der Waals surface area contributed by atoms with Gasteiger partial charge in [-0.2, -0.15) is 10.5 Å². The Morgan fingerprint density at radius 1 is 0.289 bits per heavy atom. The van der Waals surface area contributed by atoms with Gasteiger partial charge in [-0.05, 0) is 77.0 Å². The Kier molecular flexibility index (Phi) is 40.9. The van der Waals surface area contributed by atoms with Crippen LogP contribution in [0.3, 0.4) is 0 Å². The van der Waals surface area contributed by atoms with Gasteiger partial charge in [0, 0.05) is 26.1 Å². The van der Waals surface area contributed by atoms with Crippen molar-refractivity contribution >= 4 is 0 Å². The lowest BCUT2D eigenvalue weighted by atomic mass is 10.1. The molecule has 0 unspecified atom stereocenters. The minimum absolute atomic E-state index is 0.734. The molecule has 0 aromatic carbocycles. The summed E-state index contributed by atoms with van der Waals surface area (Å²) in [4.78, 5) is 0. The van der Waals surface area contributed by atoms with Crippen LogP contribution in [0.2, 0.25) is 0 Å². The molecular weight excluding hydrogens is 548 g/mol. The fourth-order valence-corrected chi connectivity index (χ4v) is 5.97. The lowest BCUT2D eigenvalue weighted by Gasteiger charge is -2.05. The van der Waals surface area contributed by atoms with E-state index in [-0.39, 0.29) is 0 Å². The Labute approximate surface area is 282 Å². The number of rotatable bonds is 38. The van der Waals surface area contributed by atoms with Crippen LogP contribution in [0.5, 0.6) is 0 Å². The number of allylic oxidation sites excluding steroid dienone is 4. The van der Waals surface area contributed by atoms with Crippen LogP contribution in [0.4, 0.5) is 0 Å². The molecule has 0 aliphatic heterocycles. The maximum Gasteiger partial charge on any atom is 0.0621 e. The predicted octanol–water partition coefficient (Wildman–Crippen LogP) is 14.4. The molecule has 0 bridgehead atoms. The molecule has 0 fully saturated rings. The summed E-state index contributed by atoms with van der Waals surface area (Å²) in [7, 11) is 0. The first kappa shape index (κ1) is 43.4. The van der Waals surface area contributed by atoms with Crippen LogP contribution in [0.25, 0.3) is 0 Å². The lowest BCUT2D eigenvalue weighted by Crippen LogP contribution is -1.97. The standard InChI is InChI=1S/C42H76N2O/c43-39-35-31-27-23-19-15-11-7-3-1-5-9-13-17-21-25-29-33-37-41-45-42-38-34-30-26-22-18-14-10-6-2-4-8-12-16-20-24-28-32-36-40-44/h5-6,9-10H,1-4,7-8,11-38,41-42H2. The summed E-state index contributed by atoms with van der Waals surface area (Å²) in [6.07, 6.45) is 53.2. The topological polar surface area (TPSA) is 56.8 Å². The molecule has 45 heavy (non-hydrogen) atoms. The summed E-state index contributed by atoms with van der Waals surface area (Å²) in [5.74, 6) is 0. The predicted molar refractivity (Wildman–Crippen MR) is 197 cm³/mol. The average Bonchev–Trinajstić information content (AvgIpc) is 3.05. The SMILES string of the molecule is N#CCCCCCCCCCCC=CCCCCCCCCOCCCCCCCCC=CCCCCCCCCCCC#N. The Morgan fingerprint density at radius 3 is 0.778 bits per heavy atom. The minimum Gasteiger partial charge on any atom is -0.381 e. The van der Waals surface area contributed by atoms with Gasteiger partial charge in [0.1, 0.15) is 0 Å². The zero-order chi connectivity index (χ0) is 32.4. The smallest absolute Gasteiger partial charge is 0.0621 e. The highest BCUT2D eigenvalue weighted by atomic mass is 16.5. The molecule has 0 radical (unpaired) electrons. The molecule has 0 aromatic heterocycles. The van der Waals surface area contributed by atoms with Gasteiger partial charge in [-0.25, -0.2) is 0 Å². The van der Waals surface area contributed by atoms with Crippen molar-refractivity contribution in [2.45, 2.75) is 218 Å². The number of nitrogens with zero attached hydrogens (tertiary/aromatic N) is 2. The van der Waals surface area contributed by atoms with Gasteiger partial charge in [0.05, 0.1) is 12.1 Å². The first-order valence-electron chi connectivity index (χ1n) is 20.0. The minimum atomic E-state index is 0.734. The van der Waals surface area contributed by atoms with Crippen molar-refractivity contribution < 1.29 is 4.74 Å². The van der Waals surface area contributed by atoms with Gasteiger partial charge >= 0.3 is 0 Å². The van der Waals surface area contributed by atoms with Crippen LogP contribution in [0.15, 0.2) is 24.3 Å². The lowest BCUT2D eigenvalue weighted by molar-refractivity contribution is 0.125.